The smallest absolute Gasteiger partial charge is 0.224 e. The van der Waals surface area contributed by atoms with Crippen LogP contribution in [0.1, 0.15) is 25.7 Å². The van der Waals surface area contributed by atoms with Gasteiger partial charge in [-0.15, -0.1) is 0 Å². The van der Waals surface area contributed by atoms with E-state index in [0.717, 1.165) is 31.7 Å². The third-order valence-electron chi connectivity index (χ3n) is 5.44. The van der Waals surface area contributed by atoms with Gasteiger partial charge in [-0.3, -0.25) is 9.69 Å². The lowest BCUT2D eigenvalue weighted by atomic mass is 9.93. The molecule has 2 fully saturated rings. The van der Waals surface area contributed by atoms with Gasteiger partial charge in [0.05, 0.1) is 12.5 Å². The Morgan fingerprint density at radius 3 is 2.68 bits per heavy atom. The Balaban J connectivity index is 1.38. The predicted octanol–water partition coefficient (Wildman–Crippen LogP) is 1.99. The minimum Gasteiger partial charge on any atom is -0.492 e. The second kappa shape index (κ2) is 9.20. The SMILES string of the molecule is CN1CCC(N2CCC[C@@H](C(=O)NCCOc3ccccc3)C2)CC1. The Hall–Kier alpha value is -1.59. The number of nitrogens with one attached hydrogen (secondary N) is 1. The first-order valence-electron chi connectivity index (χ1n) is 9.60. The number of hydrogen-bond donors (Lipinski definition) is 1. The van der Waals surface area contributed by atoms with Crippen LogP contribution in [0.15, 0.2) is 30.3 Å². The number of piperidine rings is 2. The third-order valence-corrected chi connectivity index (χ3v) is 5.44. The lowest BCUT2D eigenvalue weighted by Crippen LogP contribution is -2.50. The van der Waals surface area contributed by atoms with Gasteiger partial charge in [-0.1, -0.05) is 18.2 Å². The van der Waals surface area contributed by atoms with Gasteiger partial charge in [0, 0.05) is 12.6 Å². The van der Waals surface area contributed by atoms with E-state index in [4.69, 9.17) is 4.74 Å². The second-order valence-corrected chi connectivity index (χ2v) is 7.32. The second-order valence-electron chi connectivity index (χ2n) is 7.32. The first kappa shape index (κ1) is 18.2. The number of para-hydroxylation sites is 1. The molecule has 25 heavy (non-hydrogen) atoms. The number of nitrogens with zero attached hydrogens (tertiary/aromatic N) is 2. The highest BCUT2D eigenvalue weighted by Crippen LogP contribution is 2.23. The average Bonchev–Trinajstić information content (AvgIpc) is 2.66. The summed E-state index contributed by atoms with van der Waals surface area (Å²) in [5, 5.41) is 3.05. The van der Waals surface area contributed by atoms with Crippen LogP contribution in [0.4, 0.5) is 0 Å². The molecular weight excluding hydrogens is 314 g/mol. The van der Waals surface area contributed by atoms with Crippen LogP contribution in [0.3, 0.4) is 0 Å². The van der Waals surface area contributed by atoms with Crippen molar-refractivity contribution in [2.75, 3.05) is 46.4 Å². The van der Waals surface area contributed by atoms with E-state index in [0.29, 0.717) is 19.2 Å². The minimum atomic E-state index is 0.130. The number of hydrogen-bond acceptors (Lipinski definition) is 4. The Labute approximate surface area is 151 Å². The van der Waals surface area contributed by atoms with Gasteiger partial charge < -0.3 is 15.0 Å². The fraction of sp³-hybridized carbons (Fsp3) is 0.650. The summed E-state index contributed by atoms with van der Waals surface area (Å²) < 4.78 is 5.64. The molecule has 5 nitrogen and oxygen atoms in total. The van der Waals surface area contributed by atoms with Crippen LogP contribution in [-0.4, -0.2) is 68.1 Å². The Kier molecular flexibility index (Phi) is 6.70. The standard InChI is InChI=1S/C20H31N3O2/c1-22-13-9-18(10-14-22)23-12-5-6-17(16-23)20(24)21-11-15-25-19-7-3-2-4-8-19/h2-4,7-8,17-18H,5-6,9-16H2,1H3,(H,21,24)/t17-/m1/s1. The molecule has 1 aromatic rings. The number of ether oxygens (including phenoxy) is 1. The Bertz CT molecular complexity index is 529. The molecule has 0 spiro atoms. The molecule has 1 aromatic carbocycles. The average molecular weight is 345 g/mol. The Morgan fingerprint density at radius 1 is 1.16 bits per heavy atom. The van der Waals surface area contributed by atoms with Crippen LogP contribution < -0.4 is 10.1 Å². The summed E-state index contributed by atoms with van der Waals surface area (Å²) in [7, 11) is 2.19. The van der Waals surface area contributed by atoms with Crippen LogP contribution in [0.25, 0.3) is 0 Å². The maximum atomic E-state index is 12.5. The largest absolute Gasteiger partial charge is 0.492 e. The molecule has 5 heteroatoms. The van der Waals surface area contributed by atoms with E-state index in [2.05, 4.69) is 22.2 Å². The molecule has 0 saturated carbocycles. The van der Waals surface area contributed by atoms with Crippen molar-refractivity contribution in [2.24, 2.45) is 5.92 Å². The van der Waals surface area contributed by atoms with Gasteiger partial charge in [-0.05, 0) is 64.5 Å². The van der Waals surface area contributed by atoms with Crippen LogP contribution in [0.5, 0.6) is 5.75 Å². The molecule has 0 unspecified atom stereocenters. The van der Waals surface area contributed by atoms with Crippen molar-refractivity contribution in [3.63, 3.8) is 0 Å². The van der Waals surface area contributed by atoms with E-state index in [9.17, 15) is 4.79 Å². The topological polar surface area (TPSA) is 44.8 Å². The molecule has 0 aliphatic carbocycles. The summed E-state index contributed by atoms with van der Waals surface area (Å²) in [6, 6.07) is 10.4. The van der Waals surface area contributed by atoms with Crippen molar-refractivity contribution in [1.82, 2.24) is 15.1 Å². The summed E-state index contributed by atoms with van der Waals surface area (Å²) in [6.45, 7) is 5.50. The normalized spacial score (nSPS) is 23.3. The summed E-state index contributed by atoms with van der Waals surface area (Å²) in [6.07, 6.45) is 4.60. The van der Waals surface area contributed by atoms with E-state index >= 15 is 0 Å². The quantitative estimate of drug-likeness (QED) is 0.801. The van der Waals surface area contributed by atoms with E-state index in [1.807, 2.05) is 30.3 Å². The van der Waals surface area contributed by atoms with Gasteiger partial charge >= 0.3 is 0 Å². The van der Waals surface area contributed by atoms with Crippen molar-refractivity contribution in [3.05, 3.63) is 30.3 Å². The first-order valence-corrected chi connectivity index (χ1v) is 9.60. The minimum absolute atomic E-state index is 0.130. The molecule has 0 radical (unpaired) electrons. The zero-order chi connectivity index (χ0) is 17.5. The molecule has 2 aliphatic rings. The summed E-state index contributed by atoms with van der Waals surface area (Å²) in [5.74, 6) is 1.17. The van der Waals surface area contributed by atoms with Gasteiger partial charge in [-0.2, -0.15) is 0 Å². The Morgan fingerprint density at radius 2 is 1.92 bits per heavy atom. The third kappa shape index (κ3) is 5.44. The van der Waals surface area contributed by atoms with Gasteiger partial charge in [-0.25, -0.2) is 0 Å². The fourth-order valence-corrected chi connectivity index (χ4v) is 3.92. The van der Waals surface area contributed by atoms with Gasteiger partial charge in [0.1, 0.15) is 12.4 Å². The maximum Gasteiger partial charge on any atom is 0.224 e. The van der Waals surface area contributed by atoms with Gasteiger partial charge in [0.2, 0.25) is 5.91 Å². The van der Waals surface area contributed by atoms with Crippen LogP contribution in [-0.2, 0) is 4.79 Å². The highest BCUT2D eigenvalue weighted by atomic mass is 16.5. The molecule has 2 heterocycles. The molecular formula is C20H31N3O2. The van der Waals surface area contributed by atoms with Crippen molar-refractivity contribution < 1.29 is 9.53 Å². The molecule has 2 saturated heterocycles. The zero-order valence-electron chi connectivity index (χ0n) is 15.3. The van der Waals surface area contributed by atoms with Crippen LogP contribution in [0, 0.1) is 5.92 Å². The van der Waals surface area contributed by atoms with Gasteiger partial charge in [0.25, 0.3) is 0 Å². The van der Waals surface area contributed by atoms with E-state index in [1.165, 1.54) is 25.9 Å². The van der Waals surface area contributed by atoms with Crippen LogP contribution >= 0.6 is 0 Å². The first-order chi connectivity index (χ1) is 12.2. The van der Waals surface area contributed by atoms with Crippen molar-refractivity contribution >= 4 is 5.91 Å². The molecule has 0 aromatic heterocycles. The van der Waals surface area contributed by atoms with E-state index in [1.54, 1.807) is 0 Å². The van der Waals surface area contributed by atoms with Gasteiger partial charge in [0.15, 0.2) is 0 Å². The number of benzene rings is 1. The fourth-order valence-electron chi connectivity index (χ4n) is 3.92. The lowest BCUT2D eigenvalue weighted by Gasteiger charge is -2.41. The summed E-state index contributed by atoms with van der Waals surface area (Å²) in [5.41, 5.74) is 0. The number of rotatable bonds is 6. The van der Waals surface area contributed by atoms with Crippen molar-refractivity contribution in [1.29, 1.82) is 0 Å². The van der Waals surface area contributed by atoms with E-state index < -0.39 is 0 Å². The maximum absolute atomic E-state index is 12.5. The zero-order valence-corrected chi connectivity index (χ0v) is 15.3. The highest BCUT2D eigenvalue weighted by Gasteiger charge is 2.30. The predicted molar refractivity (Wildman–Crippen MR) is 99.8 cm³/mol. The number of amides is 1. The molecule has 1 atom stereocenters. The van der Waals surface area contributed by atoms with E-state index in [-0.39, 0.29) is 11.8 Å². The number of likely N-dealkylation sites (tertiary alicyclic amines) is 2. The highest BCUT2D eigenvalue weighted by molar-refractivity contribution is 5.78. The molecule has 2 aliphatic heterocycles. The molecule has 138 valence electrons. The molecule has 1 N–H and O–H groups in total. The monoisotopic (exact) mass is 345 g/mol. The summed E-state index contributed by atoms with van der Waals surface area (Å²) in [4.78, 5) is 17.4. The molecule has 0 bridgehead atoms. The number of carbonyl (C=O) groups is 1. The lowest BCUT2D eigenvalue weighted by molar-refractivity contribution is -0.127. The molecule has 3 rings (SSSR count). The number of carbonyl (C=O) groups excluding carboxylic acids is 1. The van der Waals surface area contributed by atoms with Crippen LogP contribution in [0.2, 0.25) is 0 Å². The summed E-state index contributed by atoms with van der Waals surface area (Å²) >= 11 is 0. The van der Waals surface area contributed by atoms with Crippen molar-refractivity contribution in [2.45, 2.75) is 31.7 Å². The molecule has 1 amide bonds. The van der Waals surface area contributed by atoms with Crippen molar-refractivity contribution in [3.8, 4) is 5.75 Å².